The van der Waals surface area contributed by atoms with Gasteiger partial charge in [-0.25, -0.2) is 0 Å². The van der Waals surface area contributed by atoms with E-state index in [1.54, 1.807) is 9.80 Å². The predicted octanol–water partition coefficient (Wildman–Crippen LogP) is 1.71. The zero-order valence-electron chi connectivity index (χ0n) is 16.9. The van der Waals surface area contributed by atoms with Crippen molar-refractivity contribution in [2.75, 3.05) is 57.3 Å². The van der Waals surface area contributed by atoms with E-state index in [0.717, 1.165) is 25.2 Å². The molecule has 2 aliphatic heterocycles. The van der Waals surface area contributed by atoms with Crippen LogP contribution in [-0.2, 0) is 14.4 Å². The number of rotatable bonds is 6. The van der Waals surface area contributed by atoms with Gasteiger partial charge in [0.1, 0.15) is 0 Å². The lowest BCUT2D eigenvalue weighted by molar-refractivity contribution is -0.137. The van der Waals surface area contributed by atoms with Gasteiger partial charge in [-0.3, -0.25) is 14.4 Å². The van der Waals surface area contributed by atoms with Crippen molar-refractivity contribution in [3.05, 3.63) is 29.3 Å². The van der Waals surface area contributed by atoms with E-state index in [-0.39, 0.29) is 17.7 Å². The number of carbonyl (C=O) groups is 3. The summed E-state index contributed by atoms with van der Waals surface area (Å²) >= 11 is 6.07. The molecule has 3 rings (SSSR count). The first kappa shape index (κ1) is 21.4. The van der Waals surface area contributed by atoms with Gasteiger partial charge in [0.2, 0.25) is 18.2 Å². The van der Waals surface area contributed by atoms with Crippen LogP contribution >= 0.6 is 11.6 Å². The summed E-state index contributed by atoms with van der Waals surface area (Å²) in [6, 6.07) is 7.77. The summed E-state index contributed by atoms with van der Waals surface area (Å²) in [5.74, 6) is 0.188. The number of amides is 3. The Morgan fingerprint density at radius 2 is 1.52 bits per heavy atom. The van der Waals surface area contributed by atoms with Crippen LogP contribution in [0, 0.1) is 5.92 Å². The topological polar surface area (TPSA) is 64.2 Å². The average Bonchev–Trinajstić information content (AvgIpc) is 2.73. The molecule has 1 aromatic rings. The summed E-state index contributed by atoms with van der Waals surface area (Å²) in [7, 11) is 0. The Morgan fingerprint density at radius 1 is 0.966 bits per heavy atom. The van der Waals surface area contributed by atoms with Gasteiger partial charge in [0.25, 0.3) is 0 Å². The van der Waals surface area contributed by atoms with Gasteiger partial charge in [0, 0.05) is 75.9 Å². The molecular formula is C21H29ClN4O3. The maximum absolute atomic E-state index is 12.7. The number of carbonyl (C=O) groups excluding carboxylic acids is 3. The minimum atomic E-state index is 0.00469. The molecule has 2 heterocycles. The van der Waals surface area contributed by atoms with Crippen molar-refractivity contribution in [1.29, 1.82) is 0 Å². The van der Waals surface area contributed by atoms with Gasteiger partial charge < -0.3 is 19.6 Å². The van der Waals surface area contributed by atoms with Crippen LogP contribution in [-0.4, -0.2) is 85.3 Å². The minimum absolute atomic E-state index is 0.00469. The van der Waals surface area contributed by atoms with Crippen molar-refractivity contribution >= 4 is 35.5 Å². The van der Waals surface area contributed by atoms with Crippen LogP contribution in [0.5, 0.6) is 0 Å². The van der Waals surface area contributed by atoms with E-state index in [1.807, 2.05) is 36.1 Å². The first-order valence-corrected chi connectivity index (χ1v) is 10.6. The first-order chi connectivity index (χ1) is 14.0. The largest absolute Gasteiger partial charge is 0.368 e. The molecule has 0 aliphatic carbocycles. The highest BCUT2D eigenvalue weighted by Gasteiger charge is 2.25. The average molecular weight is 421 g/mol. The van der Waals surface area contributed by atoms with Gasteiger partial charge in [-0.05, 0) is 24.1 Å². The summed E-state index contributed by atoms with van der Waals surface area (Å²) in [5, 5.41) is 0.715. The molecule has 0 unspecified atom stereocenters. The normalized spacial score (nSPS) is 18.6. The third kappa shape index (κ3) is 5.85. The number of hydrogen-bond acceptors (Lipinski definition) is 4. The number of nitrogens with zero attached hydrogens (tertiary/aromatic N) is 4. The quantitative estimate of drug-likeness (QED) is 0.657. The molecule has 7 nitrogen and oxygen atoms in total. The molecule has 0 saturated carbocycles. The molecule has 8 heteroatoms. The standard InChI is InChI=1S/C21H29ClN4O3/c1-17(13-20(28)25-7-5-23(16-27)6-8-25)14-21(29)26-11-9-24(10-12-26)19-4-2-3-18(22)15-19/h2-4,15-17H,5-14H2,1H3/t17-/m1/s1. The first-order valence-electron chi connectivity index (χ1n) is 10.2. The molecule has 2 saturated heterocycles. The van der Waals surface area contributed by atoms with Crippen molar-refractivity contribution in [2.45, 2.75) is 19.8 Å². The number of hydrogen-bond donors (Lipinski definition) is 0. The molecule has 1 atom stereocenters. The monoisotopic (exact) mass is 420 g/mol. The zero-order chi connectivity index (χ0) is 20.8. The Morgan fingerprint density at radius 3 is 2.03 bits per heavy atom. The Labute approximate surface area is 177 Å². The summed E-state index contributed by atoms with van der Waals surface area (Å²) in [6.07, 6.45) is 1.59. The molecule has 1 aromatic carbocycles. The third-order valence-electron chi connectivity index (χ3n) is 5.67. The van der Waals surface area contributed by atoms with Crippen LogP contribution in [0.4, 0.5) is 5.69 Å². The lowest BCUT2D eigenvalue weighted by atomic mass is 10.0. The van der Waals surface area contributed by atoms with Gasteiger partial charge in [-0.1, -0.05) is 24.6 Å². The molecule has 2 aliphatic rings. The van der Waals surface area contributed by atoms with E-state index in [1.165, 1.54) is 0 Å². The van der Waals surface area contributed by atoms with Crippen molar-refractivity contribution < 1.29 is 14.4 Å². The summed E-state index contributed by atoms with van der Waals surface area (Å²) < 4.78 is 0. The molecule has 29 heavy (non-hydrogen) atoms. The highest BCUT2D eigenvalue weighted by Crippen LogP contribution is 2.21. The SMILES string of the molecule is C[C@H](CC(=O)N1CCN(C=O)CC1)CC(=O)N1CCN(c2cccc(Cl)c2)CC1. The van der Waals surface area contributed by atoms with E-state index >= 15 is 0 Å². The van der Waals surface area contributed by atoms with Gasteiger partial charge in [0.05, 0.1) is 0 Å². The Bertz CT molecular complexity index is 728. The highest BCUT2D eigenvalue weighted by atomic mass is 35.5. The van der Waals surface area contributed by atoms with Gasteiger partial charge in [-0.2, -0.15) is 0 Å². The molecule has 0 bridgehead atoms. The third-order valence-corrected chi connectivity index (χ3v) is 5.90. The minimum Gasteiger partial charge on any atom is -0.368 e. The number of benzene rings is 1. The number of halogens is 1. The second-order valence-electron chi connectivity index (χ2n) is 7.88. The Kier molecular flexibility index (Phi) is 7.36. The van der Waals surface area contributed by atoms with Gasteiger partial charge in [0.15, 0.2) is 0 Å². The second kappa shape index (κ2) is 9.96. The second-order valence-corrected chi connectivity index (χ2v) is 8.32. The Hall–Kier alpha value is -2.28. The molecule has 2 fully saturated rings. The fourth-order valence-corrected chi connectivity index (χ4v) is 4.07. The summed E-state index contributed by atoms with van der Waals surface area (Å²) in [4.78, 5) is 43.5. The van der Waals surface area contributed by atoms with Gasteiger partial charge in [-0.15, -0.1) is 0 Å². The molecule has 0 spiro atoms. The van der Waals surface area contributed by atoms with Gasteiger partial charge >= 0.3 is 0 Å². The van der Waals surface area contributed by atoms with Crippen LogP contribution in [0.25, 0.3) is 0 Å². The number of anilines is 1. The molecule has 0 N–H and O–H groups in total. The van der Waals surface area contributed by atoms with Crippen molar-refractivity contribution in [1.82, 2.24) is 14.7 Å². The van der Waals surface area contributed by atoms with Crippen LogP contribution in [0.2, 0.25) is 5.02 Å². The van der Waals surface area contributed by atoms with Crippen LogP contribution in [0.1, 0.15) is 19.8 Å². The zero-order valence-corrected chi connectivity index (χ0v) is 17.7. The van der Waals surface area contributed by atoms with Crippen molar-refractivity contribution in [3.8, 4) is 0 Å². The fraction of sp³-hybridized carbons (Fsp3) is 0.571. The Balaban J connectivity index is 1.41. The molecule has 0 radical (unpaired) electrons. The summed E-state index contributed by atoms with van der Waals surface area (Å²) in [6.45, 7) is 7.19. The molecule has 3 amide bonds. The summed E-state index contributed by atoms with van der Waals surface area (Å²) in [5.41, 5.74) is 1.08. The molecule has 158 valence electrons. The van der Waals surface area contributed by atoms with E-state index in [9.17, 15) is 14.4 Å². The highest BCUT2D eigenvalue weighted by molar-refractivity contribution is 6.30. The van der Waals surface area contributed by atoms with E-state index in [0.29, 0.717) is 57.1 Å². The molecule has 0 aromatic heterocycles. The van der Waals surface area contributed by atoms with Crippen molar-refractivity contribution in [2.24, 2.45) is 5.92 Å². The lowest BCUT2D eigenvalue weighted by Gasteiger charge is -2.36. The van der Waals surface area contributed by atoms with E-state index in [2.05, 4.69) is 4.90 Å². The fourth-order valence-electron chi connectivity index (χ4n) is 3.89. The maximum Gasteiger partial charge on any atom is 0.222 e. The van der Waals surface area contributed by atoms with E-state index < -0.39 is 0 Å². The van der Waals surface area contributed by atoms with Crippen LogP contribution in [0.3, 0.4) is 0 Å². The maximum atomic E-state index is 12.7. The van der Waals surface area contributed by atoms with Crippen LogP contribution in [0.15, 0.2) is 24.3 Å². The molecular weight excluding hydrogens is 392 g/mol. The lowest BCUT2D eigenvalue weighted by Crippen LogP contribution is -2.49. The van der Waals surface area contributed by atoms with E-state index in [4.69, 9.17) is 11.6 Å². The number of piperazine rings is 2. The smallest absolute Gasteiger partial charge is 0.222 e. The van der Waals surface area contributed by atoms with Crippen LogP contribution < -0.4 is 4.90 Å². The predicted molar refractivity (Wildman–Crippen MR) is 113 cm³/mol. The van der Waals surface area contributed by atoms with Crippen molar-refractivity contribution in [3.63, 3.8) is 0 Å².